The first-order valence-corrected chi connectivity index (χ1v) is 8.46. The van der Waals surface area contributed by atoms with Crippen LogP contribution in [0.25, 0.3) is 0 Å². The minimum atomic E-state index is -0.259. The van der Waals surface area contributed by atoms with Gasteiger partial charge in [0.05, 0.1) is 6.04 Å². The maximum atomic E-state index is 12.9. The summed E-state index contributed by atoms with van der Waals surface area (Å²) in [5.74, 6) is 0.468. The molecule has 134 valence electrons. The largest absolute Gasteiger partial charge is 0.489 e. The monoisotopic (exact) mass is 344 g/mol. The molecular weight excluding hydrogens is 319 g/mol. The first-order chi connectivity index (χ1) is 11.9. The summed E-state index contributed by atoms with van der Waals surface area (Å²) in [6.07, 6.45) is 1.11. The summed E-state index contributed by atoms with van der Waals surface area (Å²) >= 11 is 0. The molecule has 5 heteroatoms. The highest BCUT2D eigenvalue weighted by Crippen LogP contribution is 2.19. The Bertz CT molecular complexity index is 669. The number of hydrogen-bond acceptors (Lipinski definition) is 3. The molecule has 2 aromatic rings. The molecular formula is C20H25FN2O2. The zero-order valence-electron chi connectivity index (χ0n) is 14.7. The van der Waals surface area contributed by atoms with Crippen molar-refractivity contribution < 1.29 is 13.9 Å². The van der Waals surface area contributed by atoms with E-state index in [4.69, 9.17) is 10.5 Å². The number of halogens is 1. The van der Waals surface area contributed by atoms with E-state index in [2.05, 4.69) is 5.32 Å². The molecule has 0 saturated heterocycles. The summed E-state index contributed by atoms with van der Waals surface area (Å²) in [6.45, 7) is 4.21. The Morgan fingerprint density at radius 1 is 1.12 bits per heavy atom. The van der Waals surface area contributed by atoms with Gasteiger partial charge in [-0.2, -0.15) is 0 Å². The lowest BCUT2D eigenvalue weighted by Gasteiger charge is -2.15. The summed E-state index contributed by atoms with van der Waals surface area (Å²) in [4.78, 5) is 11.9. The number of amides is 1. The van der Waals surface area contributed by atoms with Gasteiger partial charge in [-0.3, -0.25) is 4.79 Å². The average Bonchev–Trinajstić information content (AvgIpc) is 2.60. The van der Waals surface area contributed by atoms with Gasteiger partial charge >= 0.3 is 0 Å². The van der Waals surface area contributed by atoms with Crippen LogP contribution >= 0.6 is 0 Å². The molecule has 2 unspecified atom stereocenters. The maximum Gasteiger partial charge on any atom is 0.220 e. The van der Waals surface area contributed by atoms with Gasteiger partial charge in [0, 0.05) is 12.5 Å². The summed E-state index contributed by atoms with van der Waals surface area (Å²) in [6, 6.07) is 13.8. The van der Waals surface area contributed by atoms with Crippen molar-refractivity contribution in [2.45, 2.75) is 45.4 Å². The number of benzene rings is 2. The van der Waals surface area contributed by atoms with Gasteiger partial charge in [0.15, 0.2) is 0 Å². The smallest absolute Gasteiger partial charge is 0.220 e. The minimum Gasteiger partial charge on any atom is -0.489 e. The Kier molecular flexibility index (Phi) is 6.95. The molecule has 2 aromatic carbocycles. The number of hydrogen-bond donors (Lipinski definition) is 2. The van der Waals surface area contributed by atoms with E-state index in [-0.39, 0.29) is 23.8 Å². The molecule has 25 heavy (non-hydrogen) atoms. The fourth-order valence-corrected chi connectivity index (χ4v) is 2.36. The van der Waals surface area contributed by atoms with Gasteiger partial charge < -0.3 is 15.8 Å². The van der Waals surface area contributed by atoms with Gasteiger partial charge in [0.1, 0.15) is 18.2 Å². The van der Waals surface area contributed by atoms with Gasteiger partial charge in [0.25, 0.3) is 0 Å². The molecule has 4 nitrogen and oxygen atoms in total. The molecule has 0 fully saturated rings. The van der Waals surface area contributed by atoms with Crippen LogP contribution in [-0.4, -0.2) is 11.9 Å². The SMILES string of the molecule is CC(N)CCC(=O)NC(C)c1ccc(OCc2ccc(F)cc2)cc1. The van der Waals surface area contributed by atoms with Crippen molar-refractivity contribution >= 4 is 5.91 Å². The van der Waals surface area contributed by atoms with Crippen LogP contribution in [0.1, 0.15) is 43.9 Å². The van der Waals surface area contributed by atoms with Gasteiger partial charge in [-0.1, -0.05) is 24.3 Å². The maximum absolute atomic E-state index is 12.9. The van der Waals surface area contributed by atoms with Gasteiger partial charge in [-0.05, 0) is 55.7 Å². The topological polar surface area (TPSA) is 64.4 Å². The van der Waals surface area contributed by atoms with Crippen molar-refractivity contribution in [2.75, 3.05) is 0 Å². The van der Waals surface area contributed by atoms with Crippen LogP contribution in [0, 0.1) is 5.82 Å². The van der Waals surface area contributed by atoms with Crippen LogP contribution in [-0.2, 0) is 11.4 Å². The zero-order valence-corrected chi connectivity index (χ0v) is 14.7. The third-order valence-electron chi connectivity index (χ3n) is 3.90. The van der Waals surface area contributed by atoms with Crippen LogP contribution in [0.3, 0.4) is 0 Å². The number of carbonyl (C=O) groups excluding carboxylic acids is 1. The van der Waals surface area contributed by atoms with Crippen LogP contribution in [0.5, 0.6) is 5.75 Å². The van der Waals surface area contributed by atoms with E-state index in [1.54, 1.807) is 12.1 Å². The average molecular weight is 344 g/mol. The predicted molar refractivity (Wildman–Crippen MR) is 96.6 cm³/mol. The summed E-state index contributed by atoms with van der Waals surface area (Å²) in [5, 5.41) is 2.96. The molecule has 0 radical (unpaired) electrons. The molecule has 0 aromatic heterocycles. The molecule has 1 amide bonds. The number of nitrogens with two attached hydrogens (primary N) is 1. The predicted octanol–water partition coefficient (Wildman–Crippen LogP) is 3.71. The molecule has 0 heterocycles. The molecule has 2 rings (SSSR count). The highest BCUT2D eigenvalue weighted by Gasteiger charge is 2.10. The van der Waals surface area contributed by atoms with E-state index in [1.165, 1.54) is 12.1 Å². The molecule has 0 spiro atoms. The Hall–Kier alpha value is -2.40. The molecule has 0 aliphatic heterocycles. The standard InChI is InChI=1S/C20H25FN2O2/c1-14(22)3-12-20(24)23-15(2)17-6-10-19(11-7-17)25-13-16-4-8-18(21)9-5-16/h4-11,14-15H,3,12-13,22H2,1-2H3,(H,23,24). The fourth-order valence-electron chi connectivity index (χ4n) is 2.36. The van der Waals surface area contributed by atoms with E-state index >= 15 is 0 Å². The van der Waals surface area contributed by atoms with Crippen molar-refractivity contribution in [3.8, 4) is 5.75 Å². The first kappa shape index (κ1) is 18.9. The summed E-state index contributed by atoms with van der Waals surface area (Å²) in [5.41, 5.74) is 7.57. The second-order valence-corrected chi connectivity index (χ2v) is 6.29. The zero-order chi connectivity index (χ0) is 18.2. The second-order valence-electron chi connectivity index (χ2n) is 6.29. The minimum absolute atomic E-state index is 0.00133. The van der Waals surface area contributed by atoms with Crippen LogP contribution < -0.4 is 15.8 Å². The number of rotatable bonds is 8. The van der Waals surface area contributed by atoms with Gasteiger partial charge in [-0.25, -0.2) is 4.39 Å². The first-order valence-electron chi connectivity index (χ1n) is 8.46. The highest BCUT2D eigenvalue weighted by atomic mass is 19.1. The van der Waals surface area contributed by atoms with Crippen molar-refractivity contribution in [1.29, 1.82) is 0 Å². The van der Waals surface area contributed by atoms with E-state index in [1.807, 2.05) is 38.1 Å². The van der Waals surface area contributed by atoms with Crippen LogP contribution in [0.4, 0.5) is 4.39 Å². The van der Waals surface area contributed by atoms with Crippen molar-refractivity contribution in [2.24, 2.45) is 5.73 Å². The second kappa shape index (κ2) is 9.18. The lowest BCUT2D eigenvalue weighted by molar-refractivity contribution is -0.121. The van der Waals surface area contributed by atoms with E-state index in [9.17, 15) is 9.18 Å². The molecule has 0 aliphatic carbocycles. The Balaban J connectivity index is 1.84. The summed E-state index contributed by atoms with van der Waals surface area (Å²) in [7, 11) is 0. The van der Waals surface area contributed by atoms with Gasteiger partial charge in [0.2, 0.25) is 5.91 Å². The number of carbonyl (C=O) groups is 1. The van der Waals surface area contributed by atoms with E-state index < -0.39 is 0 Å². The molecule has 0 bridgehead atoms. The highest BCUT2D eigenvalue weighted by molar-refractivity contribution is 5.76. The molecule has 2 atom stereocenters. The molecule has 3 N–H and O–H groups in total. The normalized spacial score (nSPS) is 13.1. The molecule has 0 aliphatic rings. The lowest BCUT2D eigenvalue weighted by Crippen LogP contribution is -2.28. The van der Waals surface area contributed by atoms with E-state index in [0.717, 1.165) is 16.9 Å². The number of ether oxygens (including phenoxy) is 1. The Morgan fingerprint density at radius 2 is 1.76 bits per heavy atom. The van der Waals surface area contributed by atoms with Crippen LogP contribution in [0.15, 0.2) is 48.5 Å². The van der Waals surface area contributed by atoms with Gasteiger partial charge in [-0.15, -0.1) is 0 Å². The van der Waals surface area contributed by atoms with Crippen molar-refractivity contribution in [1.82, 2.24) is 5.32 Å². The number of nitrogens with one attached hydrogen (secondary N) is 1. The summed E-state index contributed by atoms with van der Waals surface area (Å²) < 4.78 is 18.6. The third-order valence-corrected chi connectivity index (χ3v) is 3.90. The lowest BCUT2D eigenvalue weighted by atomic mass is 10.1. The Labute approximate surface area is 148 Å². The fraction of sp³-hybridized carbons (Fsp3) is 0.350. The van der Waals surface area contributed by atoms with Crippen LogP contribution in [0.2, 0.25) is 0 Å². The molecule has 0 saturated carbocycles. The van der Waals surface area contributed by atoms with E-state index in [0.29, 0.717) is 19.4 Å². The van der Waals surface area contributed by atoms with Crippen molar-refractivity contribution in [3.63, 3.8) is 0 Å². The quantitative estimate of drug-likeness (QED) is 0.767. The third kappa shape index (κ3) is 6.55. The Morgan fingerprint density at radius 3 is 2.36 bits per heavy atom. The van der Waals surface area contributed by atoms with Crippen molar-refractivity contribution in [3.05, 3.63) is 65.5 Å².